The summed E-state index contributed by atoms with van der Waals surface area (Å²) in [6, 6.07) is 4.34. The van der Waals surface area contributed by atoms with Gasteiger partial charge in [0.1, 0.15) is 15.7 Å². The van der Waals surface area contributed by atoms with E-state index in [4.69, 9.17) is 0 Å². The standard InChI is InChI=1S/C14H21N3O2S/c18-20(19)9-5-12(6-10-20)16-13-3-4-14(15-11-13)17-7-1-2-8-17/h3-4,11-12,16H,1-2,5-10H2. The van der Waals surface area contributed by atoms with Crippen LogP contribution in [0.15, 0.2) is 18.3 Å². The lowest BCUT2D eigenvalue weighted by Crippen LogP contribution is -2.32. The van der Waals surface area contributed by atoms with Gasteiger partial charge in [-0.15, -0.1) is 0 Å². The van der Waals surface area contributed by atoms with E-state index in [9.17, 15) is 8.42 Å². The molecular formula is C14H21N3O2S. The summed E-state index contributed by atoms with van der Waals surface area (Å²) in [6.45, 7) is 2.19. The highest BCUT2D eigenvalue weighted by molar-refractivity contribution is 7.91. The number of nitrogens with zero attached hydrogens (tertiary/aromatic N) is 2. The lowest BCUT2D eigenvalue weighted by atomic mass is 10.1. The van der Waals surface area contributed by atoms with E-state index in [2.05, 4.69) is 15.2 Å². The van der Waals surface area contributed by atoms with Crippen LogP contribution in [-0.4, -0.2) is 44.0 Å². The summed E-state index contributed by atoms with van der Waals surface area (Å²) in [6.07, 6.45) is 5.74. The molecule has 6 heteroatoms. The molecule has 20 heavy (non-hydrogen) atoms. The van der Waals surface area contributed by atoms with Gasteiger partial charge in [0.15, 0.2) is 0 Å². The van der Waals surface area contributed by atoms with Crippen molar-refractivity contribution < 1.29 is 8.42 Å². The first-order valence-electron chi connectivity index (χ1n) is 7.30. The Hall–Kier alpha value is -1.30. The molecule has 1 aromatic heterocycles. The summed E-state index contributed by atoms with van der Waals surface area (Å²) < 4.78 is 22.8. The van der Waals surface area contributed by atoms with Gasteiger partial charge in [-0.3, -0.25) is 0 Å². The Balaban J connectivity index is 1.58. The minimum atomic E-state index is -2.79. The molecule has 2 fully saturated rings. The van der Waals surface area contributed by atoms with Crippen molar-refractivity contribution in [1.82, 2.24) is 4.98 Å². The van der Waals surface area contributed by atoms with Crippen LogP contribution in [0.25, 0.3) is 0 Å². The molecule has 0 aromatic carbocycles. The molecule has 0 unspecified atom stereocenters. The van der Waals surface area contributed by atoms with Gasteiger partial charge < -0.3 is 10.2 Å². The van der Waals surface area contributed by atoms with E-state index in [0.717, 1.165) is 24.6 Å². The fourth-order valence-electron chi connectivity index (χ4n) is 2.87. The monoisotopic (exact) mass is 295 g/mol. The average molecular weight is 295 g/mol. The van der Waals surface area contributed by atoms with Crippen LogP contribution in [0.5, 0.6) is 0 Å². The van der Waals surface area contributed by atoms with E-state index in [-0.39, 0.29) is 6.04 Å². The van der Waals surface area contributed by atoms with Crippen molar-refractivity contribution in [2.75, 3.05) is 34.8 Å². The third-order valence-corrected chi connectivity index (χ3v) is 5.82. The molecule has 3 rings (SSSR count). The predicted octanol–water partition coefficient (Wildman–Crippen LogP) is 1.67. The van der Waals surface area contributed by atoms with Gasteiger partial charge in [0.05, 0.1) is 23.4 Å². The van der Waals surface area contributed by atoms with Gasteiger partial charge in [-0.25, -0.2) is 13.4 Å². The van der Waals surface area contributed by atoms with Crippen LogP contribution in [0, 0.1) is 0 Å². The molecule has 0 aliphatic carbocycles. The number of sulfone groups is 1. The highest BCUT2D eigenvalue weighted by atomic mass is 32.2. The summed E-state index contributed by atoms with van der Waals surface area (Å²) >= 11 is 0. The highest BCUT2D eigenvalue weighted by Crippen LogP contribution is 2.21. The highest BCUT2D eigenvalue weighted by Gasteiger charge is 2.23. The quantitative estimate of drug-likeness (QED) is 0.919. The van der Waals surface area contributed by atoms with Gasteiger partial charge in [0.25, 0.3) is 0 Å². The molecule has 0 bridgehead atoms. The maximum atomic E-state index is 11.4. The SMILES string of the molecule is O=S1(=O)CCC(Nc2ccc(N3CCCC3)nc2)CC1. The molecule has 1 aromatic rings. The summed E-state index contributed by atoms with van der Waals surface area (Å²) in [5.74, 6) is 1.63. The lowest BCUT2D eigenvalue weighted by Gasteiger charge is -2.24. The zero-order valence-electron chi connectivity index (χ0n) is 11.6. The molecule has 2 aliphatic heterocycles. The van der Waals surface area contributed by atoms with Crippen LogP contribution in [0.3, 0.4) is 0 Å². The zero-order chi connectivity index (χ0) is 14.0. The van der Waals surface area contributed by atoms with Gasteiger partial charge in [-0.1, -0.05) is 0 Å². The number of nitrogens with one attached hydrogen (secondary N) is 1. The van der Waals surface area contributed by atoms with E-state index in [0.29, 0.717) is 24.3 Å². The Bertz CT molecular complexity index is 536. The molecule has 0 spiro atoms. The first kappa shape index (κ1) is 13.7. The van der Waals surface area contributed by atoms with Crippen molar-refractivity contribution in [3.8, 4) is 0 Å². The fraction of sp³-hybridized carbons (Fsp3) is 0.643. The number of aromatic nitrogens is 1. The minimum Gasteiger partial charge on any atom is -0.381 e. The van der Waals surface area contributed by atoms with Crippen molar-refractivity contribution in [3.63, 3.8) is 0 Å². The van der Waals surface area contributed by atoms with Crippen molar-refractivity contribution in [2.45, 2.75) is 31.7 Å². The van der Waals surface area contributed by atoms with Crippen LogP contribution >= 0.6 is 0 Å². The van der Waals surface area contributed by atoms with Gasteiger partial charge in [0, 0.05) is 19.1 Å². The second kappa shape index (κ2) is 5.60. The normalized spacial score (nSPS) is 22.9. The Kier molecular flexibility index (Phi) is 3.83. The predicted molar refractivity (Wildman–Crippen MR) is 81.0 cm³/mol. The Morgan fingerprint density at radius 2 is 1.85 bits per heavy atom. The number of hydrogen-bond donors (Lipinski definition) is 1. The first-order valence-corrected chi connectivity index (χ1v) is 9.12. The van der Waals surface area contributed by atoms with Crippen LogP contribution < -0.4 is 10.2 Å². The van der Waals surface area contributed by atoms with Crippen molar-refractivity contribution in [1.29, 1.82) is 0 Å². The second-order valence-electron chi connectivity index (χ2n) is 5.67. The molecular weight excluding hydrogens is 274 g/mol. The number of anilines is 2. The lowest BCUT2D eigenvalue weighted by molar-refractivity contribution is 0.559. The Morgan fingerprint density at radius 3 is 2.45 bits per heavy atom. The van der Waals surface area contributed by atoms with E-state index in [1.165, 1.54) is 12.8 Å². The third-order valence-electron chi connectivity index (χ3n) is 4.10. The molecule has 2 saturated heterocycles. The minimum absolute atomic E-state index is 0.248. The Labute approximate surface area is 120 Å². The number of hydrogen-bond acceptors (Lipinski definition) is 5. The molecule has 2 aliphatic rings. The zero-order valence-corrected chi connectivity index (χ0v) is 12.4. The maximum Gasteiger partial charge on any atom is 0.150 e. The molecule has 0 atom stereocenters. The van der Waals surface area contributed by atoms with Crippen molar-refractivity contribution in [3.05, 3.63) is 18.3 Å². The maximum absolute atomic E-state index is 11.4. The summed E-state index contributed by atoms with van der Waals surface area (Å²) in [5, 5.41) is 3.39. The number of pyridine rings is 1. The van der Waals surface area contributed by atoms with E-state index < -0.39 is 9.84 Å². The van der Waals surface area contributed by atoms with Crippen LogP contribution in [0.1, 0.15) is 25.7 Å². The molecule has 110 valence electrons. The van der Waals surface area contributed by atoms with Crippen LogP contribution in [-0.2, 0) is 9.84 Å². The molecule has 5 nitrogen and oxygen atoms in total. The fourth-order valence-corrected chi connectivity index (χ4v) is 4.37. The number of rotatable bonds is 3. The van der Waals surface area contributed by atoms with E-state index in [1.54, 1.807) is 0 Å². The largest absolute Gasteiger partial charge is 0.381 e. The summed E-state index contributed by atoms with van der Waals surface area (Å²) in [7, 11) is -2.79. The third kappa shape index (κ3) is 3.23. The summed E-state index contributed by atoms with van der Waals surface area (Å²) in [5.41, 5.74) is 0.984. The van der Waals surface area contributed by atoms with Gasteiger partial charge in [-0.05, 0) is 37.8 Å². The second-order valence-corrected chi connectivity index (χ2v) is 7.97. The molecule has 1 N–H and O–H groups in total. The smallest absolute Gasteiger partial charge is 0.150 e. The summed E-state index contributed by atoms with van der Waals surface area (Å²) in [4.78, 5) is 6.80. The molecule has 0 radical (unpaired) electrons. The van der Waals surface area contributed by atoms with Crippen molar-refractivity contribution >= 4 is 21.3 Å². The van der Waals surface area contributed by atoms with Gasteiger partial charge in [0.2, 0.25) is 0 Å². The molecule has 0 saturated carbocycles. The topological polar surface area (TPSA) is 62.3 Å². The van der Waals surface area contributed by atoms with Crippen LogP contribution in [0.4, 0.5) is 11.5 Å². The average Bonchev–Trinajstić information content (AvgIpc) is 2.96. The van der Waals surface area contributed by atoms with Gasteiger partial charge >= 0.3 is 0 Å². The Morgan fingerprint density at radius 1 is 1.15 bits per heavy atom. The molecule has 3 heterocycles. The van der Waals surface area contributed by atoms with E-state index in [1.807, 2.05) is 18.3 Å². The van der Waals surface area contributed by atoms with Gasteiger partial charge in [-0.2, -0.15) is 0 Å². The van der Waals surface area contributed by atoms with Crippen molar-refractivity contribution in [2.24, 2.45) is 0 Å². The van der Waals surface area contributed by atoms with E-state index >= 15 is 0 Å². The molecule has 0 amide bonds. The van der Waals surface area contributed by atoms with Crippen LogP contribution in [0.2, 0.25) is 0 Å². The first-order chi connectivity index (χ1) is 9.62.